The predicted molar refractivity (Wildman–Crippen MR) is 117 cm³/mol. The van der Waals surface area contributed by atoms with Crippen molar-refractivity contribution in [2.75, 3.05) is 19.8 Å². The van der Waals surface area contributed by atoms with Crippen LogP contribution in [0.15, 0.2) is 47.5 Å². The average Bonchev–Trinajstić information content (AvgIpc) is 3.01. The summed E-state index contributed by atoms with van der Waals surface area (Å²) in [4.78, 5) is 17.9. The van der Waals surface area contributed by atoms with E-state index in [1.165, 1.54) is 11.3 Å². The van der Waals surface area contributed by atoms with Gasteiger partial charge in [0.1, 0.15) is 11.3 Å². The minimum absolute atomic E-state index is 0.241. The van der Waals surface area contributed by atoms with Crippen molar-refractivity contribution in [2.24, 2.45) is 4.99 Å². The van der Waals surface area contributed by atoms with E-state index < -0.39 is 0 Å². The lowest BCUT2D eigenvalue weighted by Gasteiger charge is -2.10. The summed E-state index contributed by atoms with van der Waals surface area (Å²) in [7, 11) is 0. The maximum atomic E-state index is 12.8. The Balaban J connectivity index is 2.13. The number of benzene rings is 2. The van der Waals surface area contributed by atoms with Crippen molar-refractivity contribution >= 4 is 50.1 Å². The summed E-state index contributed by atoms with van der Waals surface area (Å²) in [6, 6.07) is 13.4. The molecule has 142 valence electrons. The number of aromatic nitrogens is 1. The maximum Gasteiger partial charge on any atom is 0.280 e. The summed E-state index contributed by atoms with van der Waals surface area (Å²) in [5.41, 5.74) is 1.57. The van der Waals surface area contributed by atoms with Crippen LogP contribution in [0.5, 0.6) is 5.75 Å². The molecule has 0 fully saturated rings. The fourth-order valence-corrected chi connectivity index (χ4v) is 4.43. The van der Waals surface area contributed by atoms with Crippen LogP contribution in [0.1, 0.15) is 24.2 Å². The number of rotatable bonds is 7. The Bertz CT molecular complexity index is 1010. The Morgan fingerprint density at radius 2 is 1.96 bits per heavy atom. The number of nitrogens with zero attached hydrogens (tertiary/aromatic N) is 2. The SMILES string of the molecule is CCOCCn1c(=NC(=O)c2ccccc2I)sc2cccc(OCC)c21. The van der Waals surface area contributed by atoms with E-state index in [0.717, 1.165) is 19.5 Å². The molecule has 1 heterocycles. The molecule has 7 heteroatoms. The van der Waals surface area contributed by atoms with Gasteiger partial charge in [-0.1, -0.05) is 29.5 Å². The molecule has 2 aromatic carbocycles. The van der Waals surface area contributed by atoms with Crippen LogP contribution in [0.4, 0.5) is 0 Å². The van der Waals surface area contributed by atoms with Gasteiger partial charge in [0.2, 0.25) is 0 Å². The zero-order valence-corrected chi connectivity index (χ0v) is 18.2. The van der Waals surface area contributed by atoms with Crippen molar-refractivity contribution < 1.29 is 14.3 Å². The molecule has 0 saturated carbocycles. The molecule has 1 aromatic heterocycles. The highest BCUT2D eigenvalue weighted by Gasteiger charge is 2.14. The van der Waals surface area contributed by atoms with E-state index in [1.54, 1.807) is 6.07 Å². The van der Waals surface area contributed by atoms with Crippen molar-refractivity contribution in [2.45, 2.75) is 20.4 Å². The van der Waals surface area contributed by atoms with Gasteiger partial charge in [0.05, 0.1) is 23.5 Å². The molecule has 3 rings (SSSR count). The Kier molecular flexibility index (Phi) is 7.03. The third kappa shape index (κ3) is 4.59. The molecular formula is C20H21IN2O3S. The quantitative estimate of drug-likeness (QED) is 0.358. The van der Waals surface area contributed by atoms with Crippen LogP contribution < -0.4 is 9.54 Å². The number of hydrogen-bond acceptors (Lipinski definition) is 4. The molecule has 3 aromatic rings. The van der Waals surface area contributed by atoms with E-state index in [-0.39, 0.29) is 5.91 Å². The molecule has 0 N–H and O–H groups in total. The van der Waals surface area contributed by atoms with Crippen LogP contribution in [0, 0.1) is 3.57 Å². The number of para-hydroxylation sites is 1. The number of halogens is 1. The molecule has 0 atom stereocenters. The second-order valence-corrected chi connectivity index (χ2v) is 7.84. The average molecular weight is 496 g/mol. The first-order chi connectivity index (χ1) is 13.2. The van der Waals surface area contributed by atoms with Crippen LogP contribution >= 0.6 is 33.9 Å². The van der Waals surface area contributed by atoms with Crippen molar-refractivity contribution in [3.8, 4) is 5.75 Å². The first kappa shape index (κ1) is 20.0. The largest absolute Gasteiger partial charge is 0.492 e. The lowest BCUT2D eigenvalue weighted by Crippen LogP contribution is -2.20. The monoisotopic (exact) mass is 496 g/mol. The number of carbonyl (C=O) groups is 1. The minimum atomic E-state index is -0.241. The van der Waals surface area contributed by atoms with Crippen molar-refractivity contribution in [3.05, 3.63) is 56.4 Å². The van der Waals surface area contributed by atoms with E-state index in [9.17, 15) is 4.79 Å². The van der Waals surface area contributed by atoms with E-state index in [0.29, 0.717) is 36.7 Å². The summed E-state index contributed by atoms with van der Waals surface area (Å²) >= 11 is 3.65. The summed E-state index contributed by atoms with van der Waals surface area (Å²) in [5, 5.41) is 0. The summed E-state index contributed by atoms with van der Waals surface area (Å²) in [6.07, 6.45) is 0. The molecular weight excluding hydrogens is 475 g/mol. The first-order valence-electron chi connectivity index (χ1n) is 8.82. The summed E-state index contributed by atoms with van der Waals surface area (Å²) in [5.74, 6) is 0.556. The Hall–Kier alpha value is -1.71. The topological polar surface area (TPSA) is 52.8 Å². The standard InChI is InChI=1S/C20H21IN2O3S/c1-3-25-13-12-23-18-16(26-4-2)10-7-11-17(18)27-20(23)22-19(24)14-8-5-6-9-15(14)21/h5-11H,3-4,12-13H2,1-2H3. The van der Waals surface area contributed by atoms with Crippen LogP contribution in [0.25, 0.3) is 10.2 Å². The highest BCUT2D eigenvalue weighted by atomic mass is 127. The van der Waals surface area contributed by atoms with E-state index in [1.807, 2.05) is 54.8 Å². The molecule has 0 saturated heterocycles. The molecule has 0 spiro atoms. The molecule has 0 aliphatic carbocycles. The minimum Gasteiger partial charge on any atom is -0.492 e. The third-order valence-electron chi connectivity index (χ3n) is 3.93. The molecule has 0 unspecified atom stereocenters. The highest BCUT2D eigenvalue weighted by molar-refractivity contribution is 14.1. The first-order valence-corrected chi connectivity index (χ1v) is 10.7. The number of ether oxygens (including phenoxy) is 2. The molecule has 1 amide bonds. The number of hydrogen-bond donors (Lipinski definition) is 0. The predicted octanol–water partition coefficient (Wildman–Crippen LogP) is 4.48. The lowest BCUT2D eigenvalue weighted by molar-refractivity contribution is 0.0995. The zero-order chi connectivity index (χ0) is 19.2. The van der Waals surface area contributed by atoms with Gasteiger partial charge in [-0.15, -0.1) is 0 Å². The normalized spacial score (nSPS) is 11.9. The van der Waals surface area contributed by atoms with Gasteiger partial charge in [-0.2, -0.15) is 4.99 Å². The second kappa shape index (κ2) is 9.48. The highest BCUT2D eigenvalue weighted by Crippen LogP contribution is 2.27. The molecule has 0 aliphatic rings. The van der Waals surface area contributed by atoms with Gasteiger partial charge in [-0.3, -0.25) is 4.79 Å². The number of carbonyl (C=O) groups excluding carboxylic acids is 1. The summed E-state index contributed by atoms with van der Waals surface area (Å²) in [6.45, 7) is 6.31. The Labute approximate surface area is 175 Å². The van der Waals surface area contributed by atoms with E-state index >= 15 is 0 Å². The van der Waals surface area contributed by atoms with Gasteiger partial charge >= 0.3 is 0 Å². The third-order valence-corrected chi connectivity index (χ3v) is 5.91. The maximum absolute atomic E-state index is 12.8. The van der Waals surface area contributed by atoms with Crippen LogP contribution in [-0.2, 0) is 11.3 Å². The van der Waals surface area contributed by atoms with Gasteiger partial charge in [0.25, 0.3) is 5.91 Å². The van der Waals surface area contributed by atoms with Crippen LogP contribution in [-0.4, -0.2) is 30.3 Å². The zero-order valence-electron chi connectivity index (χ0n) is 15.3. The Morgan fingerprint density at radius 3 is 2.70 bits per heavy atom. The molecule has 0 aliphatic heterocycles. The van der Waals surface area contributed by atoms with Crippen molar-refractivity contribution in [3.63, 3.8) is 0 Å². The number of thiazole rings is 1. The second-order valence-electron chi connectivity index (χ2n) is 5.67. The molecule has 0 radical (unpaired) electrons. The van der Waals surface area contributed by atoms with Crippen LogP contribution in [0.2, 0.25) is 0 Å². The fourth-order valence-electron chi connectivity index (χ4n) is 2.74. The van der Waals surface area contributed by atoms with Crippen molar-refractivity contribution in [1.82, 2.24) is 4.57 Å². The number of fused-ring (bicyclic) bond motifs is 1. The van der Waals surface area contributed by atoms with E-state index in [4.69, 9.17) is 9.47 Å². The molecule has 0 bridgehead atoms. The van der Waals surface area contributed by atoms with Gasteiger partial charge in [0, 0.05) is 16.7 Å². The molecule has 27 heavy (non-hydrogen) atoms. The number of amides is 1. The summed E-state index contributed by atoms with van der Waals surface area (Å²) < 4.78 is 15.3. The van der Waals surface area contributed by atoms with Gasteiger partial charge in [-0.25, -0.2) is 0 Å². The van der Waals surface area contributed by atoms with E-state index in [2.05, 4.69) is 27.6 Å². The molecule has 5 nitrogen and oxygen atoms in total. The Morgan fingerprint density at radius 1 is 1.15 bits per heavy atom. The van der Waals surface area contributed by atoms with Gasteiger partial charge < -0.3 is 14.0 Å². The lowest BCUT2D eigenvalue weighted by atomic mass is 10.2. The van der Waals surface area contributed by atoms with Crippen molar-refractivity contribution in [1.29, 1.82) is 0 Å². The van der Waals surface area contributed by atoms with Gasteiger partial charge in [0.15, 0.2) is 4.80 Å². The van der Waals surface area contributed by atoms with Crippen LogP contribution in [0.3, 0.4) is 0 Å². The smallest absolute Gasteiger partial charge is 0.280 e. The fraction of sp³-hybridized carbons (Fsp3) is 0.300. The van der Waals surface area contributed by atoms with Gasteiger partial charge in [-0.05, 0) is 60.7 Å².